The lowest BCUT2D eigenvalue weighted by Gasteiger charge is -2.36. The van der Waals surface area contributed by atoms with E-state index in [2.05, 4.69) is 5.32 Å². The van der Waals surface area contributed by atoms with Crippen molar-refractivity contribution < 1.29 is 33.2 Å². The van der Waals surface area contributed by atoms with Crippen LogP contribution in [0.4, 0.5) is 0 Å². The van der Waals surface area contributed by atoms with Gasteiger partial charge in [-0.2, -0.15) is 0 Å². The van der Waals surface area contributed by atoms with E-state index in [4.69, 9.17) is 28.4 Å². The first kappa shape index (κ1) is 20.6. The highest BCUT2D eigenvalue weighted by molar-refractivity contribution is 5.81. The number of hydrogen-bond donors (Lipinski definition) is 1. The second-order valence-corrected chi connectivity index (χ2v) is 8.48. The number of carbonyl (C=O) groups excluding carboxylic acids is 1. The molecule has 29 heavy (non-hydrogen) atoms. The molecule has 8 nitrogen and oxygen atoms in total. The van der Waals surface area contributed by atoms with E-state index in [0.29, 0.717) is 13.0 Å². The van der Waals surface area contributed by atoms with E-state index in [9.17, 15) is 4.79 Å². The molecule has 0 aliphatic carbocycles. The summed E-state index contributed by atoms with van der Waals surface area (Å²) in [5, 5.41) is 2.94. The largest absolute Gasteiger partial charge is 0.497 e. The first-order chi connectivity index (χ1) is 13.7. The van der Waals surface area contributed by atoms with E-state index in [1.54, 1.807) is 7.11 Å². The second-order valence-electron chi connectivity index (χ2n) is 8.48. The molecule has 0 radical (unpaired) electrons. The molecule has 8 heteroatoms. The number of carbonyl (C=O) groups is 1. The van der Waals surface area contributed by atoms with E-state index < -0.39 is 42.3 Å². The van der Waals surface area contributed by atoms with Crippen LogP contribution < -0.4 is 10.1 Å². The molecule has 1 aromatic rings. The Balaban J connectivity index is 1.40. The first-order valence-corrected chi connectivity index (χ1v) is 9.95. The van der Waals surface area contributed by atoms with Gasteiger partial charge in [0.2, 0.25) is 0 Å². The van der Waals surface area contributed by atoms with Crippen molar-refractivity contribution in [1.29, 1.82) is 0 Å². The Morgan fingerprint density at radius 2 is 1.59 bits per heavy atom. The van der Waals surface area contributed by atoms with Crippen molar-refractivity contribution >= 4 is 5.91 Å². The Labute approximate surface area is 170 Å². The molecule has 1 amide bonds. The zero-order chi connectivity index (χ0) is 20.8. The van der Waals surface area contributed by atoms with E-state index >= 15 is 0 Å². The molecule has 1 N–H and O–H groups in total. The zero-order valence-corrected chi connectivity index (χ0v) is 17.5. The van der Waals surface area contributed by atoms with Gasteiger partial charge in [0.05, 0.1) is 7.11 Å². The number of amides is 1. The molecule has 5 atom stereocenters. The molecule has 3 fully saturated rings. The van der Waals surface area contributed by atoms with Crippen LogP contribution in [0, 0.1) is 0 Å². The SMILES string of the molecule is COc1ccc(CCNC(=O)[C@@H]2O[C@@H]3OC(C)(C)O[C@@H]3[C@H]3OC(C)(C)O[C@H]32)cc1. The Morgan fingerprint density at radius 1 is 0.966 bits per heavy atom. The van der Waals surface area contributed by atoms with Gasteiger partial charge in [0.1, 0.15) is 24.1 Å². The summed E-state index contributed by atoms with van der Waals surface area (Å²) < 4.78 is 34.9. The third-order valence-corrected chi connectivity index (χ3v) is 5.29. The predicted molar refractivity (Wildman–Crippen MR) is 102 cm³/mol. The Kier molecular flexibility index (Phi) is 5.33. The molecule has 0 unspecified atom stereocenters. The fourth-order valence-corrected chi connectivity index (χ4v) is 4.05. The number of fused-ring (bicyclic) bond motifs is 3. The van der Waals surface area contributed by atoms with Crippen molar-refractivity contribution in [3.63, 3.8) is 0 Å². The standard InChI is InChI=1S/C21H29NO7/c1-20(2)26-14-15(27-20)17-19(29-21(3,4)28-17)25-16(14)18(23)22-11-10-12-6-8-13(24-5)9-7-12/h6-9,14-17,19H,10-11H2,1-5H3,(H,22,23)/t14-,15+,16-,17-,19-/m1/s1. The highest BCUT2D eigenvalue weighted by Gasteiger charge is 2.62. The highest BCUT2D eigenvalue weighted by atomic mass is 16.9. The van der Waals surface area contributed by atoms with Crippen LogP contribution in [0.1, 0.15) is 33.3 Å². The smallest absolute Gasteiger partial charge is 0.252 e. The van der Waals surface area contributed by atoms with Crippen molar-refractivity contribution in [2.75, 3.05) is 13.7 Å². The molecule has 3 saturated heterocycles. The molecule has 3 aliphatic rings. The molecule has 3 heterocycles. The van der Waals surface area contributed by atoms with Crippen LogP contribution in [-0.2, 0) is 34.9 Å². The number of benzene rings is 1. The van der Waals surface area contributed by atoms with Gasteiger partial charge in [0.15, 0.2) is 24.0 Å². The fraction of sp³-hybridized carbons (Fsp3) is 0.667. The number of nitrogens with one attached hydrogen (secondary N) is 1. The minimum Gasteiger partial charge on any atom is -0.497 e. The molecular formula is C21H29NO7. The van der Waals surface area contributed by atoms with Gasteiger partial charge in [-0.15, -0.1) is 0 Å². The number of hydrogen-bond acceptors (Lipinski definition) is 7. The third-order valence-electron chi connectivity index (χ3n) is 5.29. The van der Waals surface area contributed by atoms with Crippen molar-refractivity contribution in [1.82, 2.24) is 5.32 Å². The zero-order valence-electron chi connectivity index (χ0n) is 17.5. The predicted octanol–water partition coefficient (Wildman–Crippen LogP) is 1.75. The average molecular weight is 407 g/mol. The van der Waals surface area contributed by atoms with Crippen LogP contribution in [0.3, 0.4) is 0 Å². The van der Waals surface area contributed by atoms with Crippen molar-refractivity contribution in [2.45, 2.75) is 76.4 Å². The average Bonchev–Trinajstić information content (AvgIpc) is 3.15. The van der Waals surface area contributed by atoms with Gasteiger partial charge in [-0.05, 0) is 51.8 Å². The summed E-state index contributed by atoms with van der Waals surface area (Å²) in [4.78, 5) is 12.9. The second kappa shape index (κ2) is 7.52. The number of rotatable bonds is 5. The van der Waals surface area contributed by atoms with Crippen molar-refractivity contribution in [3.8, 4) is 5.75 Å². The monoisotopic (exact) mass is 407 g/mol. The lowest BCUT2D eigenvalue weighted by molar-refractivity contribution is -0.231. The normalized spacial score (nSPS) is 34.3. The molecular weight excluding hydrogens is 378 g/mol. The lowest BCUT2D eigenvalue weighted by Crippen LogP contribution is -2.59. The maximum atomic E-state index is 12.9. The molecule has 0 aromatic heterocycles. The summed E-state index contributed by atoms with van der Waals surface area (Å²) >= 11 is 0. The third kappa shape index (κ3) is 4.27. The minimum absolute atomic E-state index is 0.249. The van der Waals surface area contributed by atoms with Crippen LogP contribution in [0.15, 0.2) is 24.3 Å². The Bertz CT molecular complexity index is 748. The summed E-state index contributed by atoms with van der Waals surface area (Å²) in [7, 11) is 1.63. The maximum Gasteiger partial charge on any atom is 0.252 e. The van der Waals surface area contributed by atoms with Crippen LogP contribution >= 0.6 is 0 Å². The fourth-order valence-electron chi connectivity index (χ4n) is 4.05. The van der Waals surface area contributed by atoms with E-state index in [-0.39, 0.29) is 5.91 Å². The van der Waals surface area contributed by atoms with Crippen LogP contribution in [0.5, 0.6) is 5.75 Å². The topological polar surface area (TPSA) is 84.5 Å². The summed E-state index contributed by atoms with van der Waals surface area (Å²) in [5.41, 5.74) is 1.10. The molecule has 160 valence electrons. The van der Waals surface area contributed by atoms with E-state index in [1.807, 2.05) is 52.0 Å². The Hall–Kier alpha value is -1.71. The highest BCUT2D eigenvalue weighted by Crippen LogP contribution is 2.44. The van der Waals surface area contributed by atoms with E-state index in [1.165, 1.54) is 0 Å². The van der Waals surface area contributed by atoms with Crippen LogP contribution in [0.2, 0.25) is 0 Å². The molecule has 3 aliphatic heterocycles. The van der Waals surface area contributed by atoms with Gasteiger partial charge in [-0.1, -0.05) is 12.1 Å². The summed E-state index contributed by atoms with van der Waals surface area (Å²) in [6, 6.07) is 7.75. The quantitative estimate of drug-likeness (QED) is 0.796. The van der Waals surface area contributed by atoms with Gasteiger partial charge in [0, 0.05) is 6.54 Å². The minimum atomic E-state index is -0.837. The summed E-state index contributed by atoms with van der Waals surface area (Å²) in [6.45, 7) is 7.74. The van der Waals surface area contributed by atoms with Gasteiger partial charge >= 0.3 is 0 Å². The van der Waals surface area contributed by atoms with E-state index in [0.717, 1.165) is 11.3 Å². The van der Waals surface area contributed by atoms with Gasteiger partial charge in [-0.3, -0.25) is 4.79 Å². The number of ether oxygens (including phenoxy) is 6. The summed E-state index contributed by atoms with van der Waals surface area (Å²) in [6.07, 6.45) is -2.27. The number of methoxy groups -OCH3 is 1. The van der Waals surface area contributed by atoms with Gasteiger partial charge in [0.25, 0.3) is 5.91 Å². The lowest BCUT2D eigenvalue weighted by atomic mass is 9.98. The first-order valence-electron chi connectivity index (χ1n) is 9.95. The maximum absolute atomic E-state index is 12.9. The molecule has 0 saturated carbocycles. The molecule has 1 aromatic carbocycles. The van der Waals surface area contributed by atoms with Crippen molar-refractivity contribution in [3.05, 3.63) is 29.8 Å². The molecule has 4 rings (SSSR count). The van der Waals surface area contributed by atoms with Gasteiger partial charge < -0.3 is 33.7 Å². The van der Waals surface area contributed by atoms with Crippen LogP contribution in [0.25, 0.3) is 0 Å². The summed E-state index contributed by atoms with van der Waals surface area (Å²) in [5.74, 6) is -1.08. The van der Waals surface area contributed by atoms with Crippen molar-refractivity contribution in [2.24, 2.45) is 0 Å². The molecule has 0 bridgehead atoms. The van der Waals surface area contributed by atoms with Gasteiger partial charge in [-0.25, -0.2) is 0 Å². The van der Waals surface area contributed by atoms with Crippen LogP contribution in [-0.4, -0.2) is 61.8 Å². The Morgan fingerprint density at radius 3 is 2.28 bits per heavy atom. The molecule has 0 spiro atoms.